The maximum Gasteiger partial charge on any atom is 0.252 e. The van der Waals surface area contributed by atoms with Gasteiger partial charge < -0.3 is 14.8 Å². The lowest BCUT2D eigenvalue weighted by Crippen LogP contribution is -2.53. The van der Waals surface area contributed by atoms with Crippen LogP contribution in [0.4, 0.5) is 11.4 Å². The molecule has 0 aliphatic carbocycles. The van der Waals surface area contributed by atoms with E-state index < -0.39 is 4.75 Å². The number of rotatable bonds is 3. The van der Waals surface area contributed by atoms with Crippen molar-refractivity contribution in [2.75, 3.05) is 17.3 Å². The van der Waals surface area contributed by atoms with E-state index in [0.29, 0.717) is 5.69 Å². The Kier molecular flexibility index (Phi) is 4.24. The number of benzene rings is 2. The number of anilines is 2. The van der Waals surface area contributed by atoms with Crippen LogP contribution in [0.2, 0.25) is 0 Å². The van der Waals surface area contributed by atoms with Crippen LogP contribution in [0.5, 0.6) is 0 Å². The predicted molar refractivity (Wildman–Crippen MR) is 106 cm³/mol. The average Bonchev–Trinajstić information content (AvgIpc) is 3.21. The molecule has 2 heterocycles. The first kappa shape index (κ1) is 17.4. The Morgan fingerprint density at radius 3 is 2.59 bits per heavy atom. The molecule has 3 aromatic rings. The number of thioether (sulfide) groups is 1. The summed E-state index contributed by atoms with van der Waals surface area (Å²) in [7, 11) is 1.70. The van der Waals surface area contributed by atoms with Gasteiger partial charge in [0.05, 0.1) is 12.0 Å². The van der Waals surface area contributed by atoms with Crippen LogP contribution in [0.1, 0.15) is 6.92 Å². The molecule has 1 atom stereocenters. The zero-order valence-electron chi connectivity index (χ0n) is 14.9. The molecule has 0 fully saturated rings. The monoisotopic (exact) mass is 378 g/mol. The van der Waals surface area contributed by atoms with Gasteiger partial charge in [-0.25, -0.2) is 4.98 Å². The fourth-order valence-corrected chi connectivity index (χ4v) is 4.30. The highest BCUT2D eigenvalue weighted by atomic mass is 32.2. The first-order valence-corrected chi connectivity index (χ1v) is 9.27. The van der Waals surface area contributed by atoms with Crippen molar-refractivity contribution in [1.29, 1.82) is 0 Å². The second-order valence-electron chi connectivity index (χ2n) is 6.44. The van der Waals surface area contributed by atoms with Gasteiger partial charge >= 0.3 is 0 Å². The molecule has 4 rings (SSSR count). The summed E-state index contributed by atoms with van der Waals surface area (Å²) in [4.78, 5) is 32.3. The zero-order chi connectivity index (χ0) is 19.0. The number of hydrogen-bond acceptors (Lipinski definition) is 4. The van der Waals surface area contributed by atoms with Crippen LogP contribution in [0.3, 0.4) is 0 Å². The van der Waals surface area contributed by atoms with E-state index in [1.165, 1.54) is 11.8 Å². The predicted octanol–water partition coefficient (Wildman–Crippen LogP) is 3.34. The van der Waals surface area contributed by atoms with Gasteiger partial charge in [0.2, 0.25) is 5.91 Å². The number of para-hydroxylation sites is 1. The number of carbonyl (C=O) groups excluding carboxylic acids is 2. The van der Waals surface area contributed by atoms with E-state index in [2.05, 4.69) is 10.3 Å². The second-order valence-corrected chi connectivity index (χ2v) is 7.90. The Morgan fingerprint density at radius 1 is 1.15 bits per heavy atom. The Bertz CT molecular complexity index is 1000. The molecule has 0 radical (unpaired) electrons. The maximum absolute atomic E-state index is 13.0. The van der Waals surface area contributed by atoms with E-state index in [0.717, 1.165) is 16.3 Å². The van der Waals surface area contributed by atoms with Crippen molar-refractivity contribution < 1.29 is 9.59 Å². The van der Waals surface area contributed by atoms with Crippen molar-refractivity contribution in [2.24, 2.45) is 0 Å². The third-order valence-electron chi connectivity index (χ3n) is 4.61. The molecule has 2 amide bonds. The van der Waals surface area contributed by atoms with Crippen LogP contribution in [-0.4, -0.2) is 33.2 Å². The molecule has 0 bridgehead atoms. The van der Waals surface area contributed by atoms with E-state index >= 15 is 0 Å². The molecule has 1 unspecified atom stereocenters. The smallest absolute Gasteiger partial charge is 0.252 e. The van der Waals surface area contributed by atoms with Gasteiger partial charge in [-0.2, -0.15) is 0 Å². The molecule has 6 nitrogen and oxygen atoms in total. The summed E-state index contributed by atoms with van der Waals surface area (Å²) >= 11 is 1.28. The Morgan fingerprint density at radius 2 is 1.89 bits per heavy atom. The molecule has 27 heavy (non-hydrogen) atoms. The van der Waals surface area contributed by atoms with Gasteiger partial charge in [-0.15, -0.1) is 0 Å². The number of hydrogen-bond donors (Lipinski definition) is 1. The minimum absolute atomic E-state index is 0.237. The van der Waals surface area contributed by atoms with Crippen molar-refractivity contribution in [3.8, 4) is 5.69 Å². The van der Waals surface area contributed by atoms with Crippen LogP contribution >= 0.6 is 11.8 Å². The minimum Gasteiger partial charge on any atom is -0.324 e. The second kappa shape index (κ2) is 6.59. The number of nitrogens with one attached hydrogen (secondary N) is 1. The topological polar surface area (TPSA) is 67.2 Å². The van der Waals surface area contributed by atoms with Crippen LogP contribution in [-0.2, 0) is 9.59 Å². The summed E-state index contributed by atoms with van der Waals surface area (Å²) in [5.74, 6) is -0.576. The summed E-state index contributed by atoms with van der Waals surface area (Å²) in [6.07, 6.45) is 5.26. The molecule has 1 aliphatic heterocycles. The first-order valence-electron chi connectivity index (χ1n) is 8.45. The molecule has 1 aromatic heterocycles. The third-order valence-corrected chi connectivity index (χ3v) is 5.95. The minimum atomic E-state index is -1.23. The van der Waals surface area contributed by atoms with Crippen molar-refractivity contribution in [3.05, 3.63) is 67.3 Å². The third kappa shape index (κ3) is 3.00. The molecular weight excluding hydrogens is 360 g/mol. The molecule has 1 aliphatic rings. The molecule has 0 saturated heterocycles. The Balaban J connectivity index is 1.56. The largest absolute Gasteiger partial charge is 0.324 e. The van der Waals surface area contributed by atoms with Gasteiger partial charge in [-0.3, -0.25) is 9.59 Å². The van der Waals surface area contributed by atoms with Crippen molar-refractivity contribution in [2.45, 2.75) is 16.6 Å². The molecule has 0 saturated carbocycles. The number of fused-ring (bicyclic) bond motifs is 1. The van der Waals surface area contributed by atoms with Crippen LogP contribution in [0, 0.1) is 0 Å². The molecular formula is C20H18N4O2S. The van der Waals surface area contributed by atoms with Gasteiger partial charge in [0.15, 0.2) is 4.75 Å². The summed E-state index contributed by atoms with van der Waals surface area (Å²) in [5.41, 5.74) is 2.40. The van der Waals surface area contributed by atoms with E-state index in [1.807, 2.05) is 59.3 Å². The van der Waals surface area contributed by atoms with E-state index in [9.17, 15) is 9.59 Å². The number of nitrogens with zero attached hydrogens (tertiary/aromatic N) is 3. The Hall–Kier alpha value is -3.06. The summed E-state index contributed by atoms with van der Waals surface area (Å²) < 4.78 is 0.644. The quantitative estimate of drug-likeness (QED) is 0.710. The lowest BCUT2D eigenvalue weighted by molar-refractivity contribution is -0.128. The molecule has 136 valence electrons. The molecule has 2 aromatic carbocycles. The molecule has 1 N–H and O–H groups in total. The standard InChI is InChI=1S/C20H18N4O2S/c1-20(19(26)23(2)16-5-3-4-6-17(16)27-20)18(25)22-14-7-9-15(10-8-14)24-12-11-21-13-24/h3-13H,1-2H3,(H,22,25). The van der Waals surface area contributed by atoms with E-state index in [1.54, 1.807) is 31.4 Å². The van der Waals surface area contributed by atoms with Crippen LogP contribution in [0.25, 0.3) is 5.69 Å². The fraction of sp³-hybridized carbons (Fsp3) is 0.150. The van der Waals surface area contributed by atoms with Gasteiger partial charge in [0, 0.05) is 35.7 Å². The van der Waals surface area contributed by atoms with Gasteiger partial charge in [0.1, 0.15) is 0 Å². The maximum atomic E-state index is 13.0. The number of aromatic nitrogens is 2. The normalized spacial score (nSPS) is 18.9. The first-order chi connectivity index (χ1) is 13.0. The molecule has 7 heteroatoms. The SMILES string of the molecule is CN1C(=O)C(C)(C(=O)Nc2ccc(-n3ccnc3)cc2)Sc2ccccc21. The number of carbonyl (C=O) groups is 2. The summed E-state index contributed by atoms with van der Waals surface area (Å²) in [5, 5.41) is 2.87. The average molecular weight is 378 g/mol. The lowest BCUT2D eigenvalue weighted by Gasteiger charge is -2.36. The zero-order valence-corrected chi connectivity index (χ0v) is 15.7. The van der Waals surface area contributed by atoms with Crippen molar-refractivity contribution in [3.63, 3.8) is 0 Å². The van der Waals surface area contributed by atoms with Gasteiger partial charge in [-0.05, 0) is 43.3 Å². The summed E-state index contributed by atoms with van der Waals surface area (Å²) in [6.45, 7) is 1.67. The number of amides is 2. The highest BCUT2D eigenvalue weighted by Crippen LogP contribution is 2.45. The molecule has 0 spiro atoms. The fourth-order valence-electron chi connectivity index (χ4n) is 3.04. The highest BCUT2D eigenvalue weighted by molar-refractivity contribution is 8.02. The van der Waals surface area contributed by atoms with E-state index in [4.69, 9.17) is 0 Å². The summed E-state index contributed by atoms with van der Waals surface area (Å²) in [6, 6.07) is 15.0. The Labute approximate surface area is 161 Å². The van der Waals surface area contributed by atoms with Gasteiger partial charge in [-0.1, -0.05) is 23.9 Å². The van der Waals surface area contributed by atoms with Crippen molar-refractivity contribution >= 4 is 35.0 Å². The highest BCUT2D eigenvalue weighted by Gasteiger charge is 2.48. The van der Waals surface area contributed by atoms with E-state index in [-0.39, 0.29) is 11.8 Å². The van der Waals surface area contributed by atoms with Gasteiger partial charge in [0.25, 0.3) is 5.91 Å². The lowest BCUT2D eigenvalue weighted by atomic mass is 10.1. The van der Waals surface area contributed by atoms with Crippen LogP contribution < -0.4 is 10.2 Å². The van der Waals surface area contributed by atoms with Crippen molar-refractivity contribution in [1.82, 2.24) is 9.55 Å². The number of imidazole rings is 1. The van der Waals surface area contributed by atoms with Crippen LogP contribution in [0.15, 0.2) is 72.1 Å².